The van der Waals surface area contributed by atoms with Gasteiger partial charge in [-0.2, -0.15) is 0 Å². The van der Waals surface area contributed by atoms with E-state index in [0.717, 1.165) is 12.3 Å². The highest BCUT2D eigenvalue weighted by Crippen LogP contribution is 2.11. The Morgan fingerprint density at radius 3 is 2.40 bits per heavy atom. The summed E-state index contributed by atoms with van der Waals surface area (Å²) >= 11 is 0. The lowest BCUT2D eigenvalue weighted by atomic mass is 10.0. The predicted octanol–water partition coefficient (Wildman–Crippen LogP) is 2.59. The molecule has 1 heteroatoms. The summed E-state index contributed by atoms with van der Waals surface area (Å²) in [6, 6.07) is 0. The van der Waals surface area contributed by atoms with Gasteiger partial charge in [0.1, 0.15) is 0 Å². The van der Waals surface area contributed by atoms with Crippen molar-refractivity contribution in [3.63, 3.8) is 0 Å². The Balaban J connectivity index is 2.89. The Labute approximate surface area is 64.5 Å². The zero-order valence-corrected chi connectivity index (χ0v) is 7.27. The summed E-state index contributed by atoms with van der Waals surface area (Å²) in [6.07, 6.45) is 6.09. The van der Waals surface area contributed by atoms with Crippen LogP contribution in [0.5, 0.6) is 0 Å². The maximum absolute atomic E-state index is 8.49. The second-order valence-corrected chi connectivity index (χ2v) is 3.09. The van der Waals surface area contributed by atoms with Crippen LogP contribution in [0.4, 0.5) is 0 Å². The van der Waals surface area contributed by atoms with Gasteiger partial charge in [-0.05, 0) is 12.3 Å². The Hall–Kier alpha value is -0.0400. The molecule has 1 unspecified atom stereocenters. The molecule has 1 nitrogen and oxygen atoms in total. The monoisotopic (exact) mass is 144 g/mol. The molecule has 0 spiro atoms. The molecule has 0 fully saturated rings. The molecule has 0 aromatic rings. The van der Waals surface area contributed by atoms with Gasteiger partial charge in [0.2, 0.25) is 0 Å². The lowest BCUT2D eigenvalue weighted by Crippen LogP contribution is -1.92. The largest absolute Gasteiger partial charge is 0.396 e. The minimum absolute atomic E-state index is 0.362. The second-order valence-electron chi connectivity index (χ2n) is 3.09. The molecule has 1 atom stereocenters. The van der Waals surface area contributed by atoms with Crippen molar-refractivity contribution in [2.45, 2.75) is 46.0 Å². The van der Waals surface area contributed by atoms with Gasteiger partial charge in [-0.15, -0.1) is 0 Å². The van der Waals surface area contributed by atoms with Crippen molar-refractivity contribution in [3.8, 4) is 0 Å². The first-order chi connectivity index (χ1) is 4.81. The van der Waals surface area contributed by atoms with Crippen molar-refractivity contribution in [3.05, 3.63) is 0 Å². The molecule has 0 aromatic heterocycles. The maximum atomic E-state index is 8.49. The van der Waals surface area contributed by atoms with Gasteiger partial charge in [0.15, 0.2) is 0 Å². The first-order valence-corrected chi connectivity index (χ1v) is 4.42. The number of hydrogen-bond acceptors (Lipinski definition) is 1. The van der Waals surface area contributed by atoms with Crippen molar-refractivity contribution in [2.75, 3.05) is 6.61 Å². The van der Waals surface area contributed by atoms with Gasteiger partial charge in [-0.25, -0.2) is 0 Å². The van der Waals surface area contributed by atoms with E-state index in [0.29, 0.717) is 6.61 Å². The van der Waals surface area contributed by atoms with Crippen LogP contribution in [0, 0.1) is 5.92 Å². The zero-order chi connectivity index (χ0) is 7.82. The van der Waals surface area contributed by atoms with Crippen LogP contribution >= 0.6 is 0 Å². The molecule has 0 amide bonds. The molecule has 0 aliphatic carbocycles. The van der Waals surface area contributed by atoms with Gasteiger partial charge < -0.3 is 5.11 Å². The van der Waals surface area contributed by atoms with E-state index in [-0.39, 0.29) is 0 Å². The number of aliphatic hydroxyl groups is 1. The predicted molar refractivity (Wildman–Crippen MR) is 45.0 cm³/mol. The Bertz CT molecular complexity index is 61.7. The van der Waals surface area contributed by atoms with Crippen LogP contribution in [0.2, 0.25) is 0 Å². The van der Waals surface area contributed by atoms with E-state index in [1.165, 1.54) is 25.7 Å². The van der Waals surface area contributed by atoms with Crippen molar-refractivity contribution in [2.24, 2.45) is 5.92 Å². The second kappa shape index (κ2) is 7.07. The van der Waals surface area contributed by atoms with E-state index in [1.54, 1.807) is 0 Å². The fourth-order valence-corrected chi connectivity index (χ4v) is 0.986. The van der Waals surface area contributed by atoms with Crippen molar-refractivity contribution in [1.82, 2.24) is 0 Å². The molecular formula is C9H20O. The van der Waals surface area contributed by atoms with Gasteiger partial charge in [-0.3, -0.25) is 0 Å². The normalized spacial score (nSPS) is 13.5. The van der Waals surface area contributed by atoms with E-state index in [9.17, 15) is 0 Å². The number of rotatable bonds is 6. The van der Waals surface area contributed by atoms with Gasteiger partial charge in [-0.1, -0.05) is 39.5 Å². The average Bonchev–Trinajstić information content (AvgIpc) is 1.98. The molecule has 10 heavy (non-hydrogen) atoms. The smallest absolute Gasteiger partial charge is 0.0431 e. The molecule has 0 rings (SSSR count). The first-order valence-electron chi connectivity index (χ1n) is 4.42. The minimum Gasteiger partial charge on any atom is -0.396 e. The minimum atomic E-state index is 0.362. The highest BCUT2D eigenvalue weighted by molar-refractivity contribution is 4.50. The molecule has 0 aliphatic rings. The van der Waals surface area contributed by atoms with Gasteiger partial charge in [0.25, 0.3) is 0 Å². The van der Waals surface area contributed by atoms with Crippen molar-refractivity contribution >= 4 is 0 Å². The third kappa shape index (κ3) is 6.09. The van der Waals surface area contributed by atoms with Gasteiger partial charge in [0.05, 0.1) is 0 Å². The summed E-state index contributed by atoms with van der Waals surface area (Å²) in [5, 5.41) is 8.49. The lowest BCUT2D eigenvalue weighted by molar-refractivity contribution is 0.280. The van der Waals surface area contributed by atoms with Crippen molar-refractivity contribution in [1.29, 1.82) is 0 Å². The van der Waals surface area contributed by atoms with E-state index in [2.05, 4.69) is 13.8 Å². The lowest BCUT2D eigenvalue weighted by Gasteiger charge is -2.06. The van der Waals surface area contributed by atoms with E-state index in [1.807, 2.05) is 0 Å². The van der Waals surface area contributed by atoms with Gasteiger partial charge in [0, 0.05) is 6.61 Å². The summed E-state index contributed by atoms with van der Waals surface area (Å²) in [7, 11) is 0. The first kappa shape index (κ1) is 9.96. The van der Waals surface area contributed by atoms with Crippen LogP contribution in [0.1, 0.15) is 46.0 Å². The molecule has 0 aromatic carbocycles. The third-order valence-electron chi connectivity index (χ3n) is 2.05. The summed E-state index contributed by atoms with van der Waals surface area (Å²) in [5.74, 6) is 0.874. The SMILES string of the molecule is CCC(C)CCCCCO. The number of aliphatic hydroxyl groups excluding tert-OH is 1. The fourth-order valence-electron chi connectivity index (χ4n) is 0.986. The van der Waals surface area contributed by atoms with Crippen molar-refractivity contribution < 1.29 is 5.11 Å². The van der Waals surface area contributed by atoms with Crippen LogP contribution in [0.15, 0.2) is 0 Å². The Morgan fingerprint density at radius 1 is 1.20 bits per heavy atom. The highest BCUT2D eigenvalue weighted by Gasteiger charge is 1.96. The van der Waals surface area contributed by atoms with Crippen LogP contribution in [0.3, 0.4) is 0 Å². The topological polar surface area (TPSA) is 20.2 Å². The molecule has 0 heterocycles. The van der Waals surface area contributed by atoms with E-state index in [4.69, 9.17) is 5.11 Å². The van der Waals surface area contributed by atoms with Crippen LogP contribution in [0.25, 0.3) is 0 Å². The number of unbranched alkanes of at least 4 members (excludes halogenated alkanes) is 2. The van der Waals surface area contributed by atoms with Crippen LogP contribution < -0.4 is 0 Å². The fraction of sp³-hybridized carbons (Fsp3) is 1.00. The summed E-state index contributed by atoms with van der Waals surface area (Å²) < 4.78 is 0. The molecule has 0 aliphatic heterocycles. The Morgan fingerprint density at radius 2 is 1.90 bits per heavy atom. The summed E-state index contributed by atoms with van der Waals surface area (Å²) in [6.45, 7) is 4.89. The summed E-state index contributed by atoms with van der Waals surface area (Å²) in [4.78, 5) is 0. The molecule has 0 radical (unpaired) electrons. The highest BCUT2D eigenvalue weighted by atomic mass is 16.2. The van der Waals surface area contributed by atoms with E-state index >= 15 is 0 Å². The van der Waals surface area contributed by atoms with Crippen LogP contribution in [-0.4, -0.2) is 11.7 Å². The maximum Gasteiger partial charge on any atom is 0.0431 e. The van der Waals surface area contributed by atoms with Gasteiger partial charge >= 0.3 is 0 Å². The quantitative estimate of drug-likeness (QED) is 0.568. The standard InChI is InChI=1S/C9H20O/c1-3-9(2)7-5-4-6-8-10/h9-10H,3-8H2,1-2H3. The molecular weight excluding hydrogens is 124 g/mol. The zero-order valence-electron chi connectivity index (χ0n) is 7.27. The van der Waals surface area contributed by atoms with E-state index < -0.39 is 0 Å². The Kier molecular flexibility index (Phi) is 7.04. The average molecular weight is 144 g/mol. The molecule has 62 valence electrons. The third-order valence-corrected chi connectivity index (χ3v) is 2.05. The number of hydrogen-bond donors (Lipinski definition) is 1. The van der Waals surface area contributed by atoms with Crippen LogP contribution in [-0.2, 0) is 0 Å². The molecule has 1 N–H and O–H groups in total. The molecule has 0 saturated heterocycles. The molecule has 0 saturated carbocycles. The molecule has 0 bridgehead atoms. The summed E-state index contributed by atoms with van der Waals surface area (Å²) in [5.41, 5.74) is 0.